The molecule has 0 radical (unpaired) electrons. The van der Waals surface area contributed by atoms with Gasteiger partial charge >= 0.3 is 5.97 Å². The van der Waals surface area contributed by atoms with Crippen molar-refractivity contribution in [2.45, 2.75) is 31.2 Å². The van der Waals surface area contributed by atoms with Crippen LogP contribution in [0, 0.1) is 5.92 Å². The third kappa shape index (κ3) is 3.38. The summed E-state index contributed by atoms with van der Waals surface area (Å²) in [6.07, 6.45) is 2.93. The van der Waals surface area contributed by atoms with E-state index in [1.165, 1.54) is 29.7 Å². The number of aromatic nitrogens is 1. The summed E-state index contributed by atoms with van der Waals surface area (Å²) in [5, 5.41) is 0. The van der Waals surface area contributed by atoms with E-state index in [9.17, 15) is 18.0 Å². The minimum absolute atomic E-state index is 0.298. The Hall–Kier alpha value is -1.67. The smallest absolute Gasteiger partial charge is 0.325 e. The van der Waals surface area contributed by atoms with Gasteiger partial charge in [0.25, 0.3) is 5.56 Å². The Morgan fingerprint density at radius 2 is 2.00 bits per heavy atom. The van der Waals surface area contributed by atoms with E-state index < -0.39 is 21.6 Å². The summed E-state index contributed by atoms with van der Waals surface area (Å²) in [7, 11) is -2.62. The number of hydrogen-bond acceptors (Lipinski definition) is 5. The van der Waals surface area contributed by atoms with Gasteiger partial charge in [-0.3, -0.25) is 9.59 Å². The summed E-state index contributed by atoms with van der Waals surface area (Å²) in [5.41, 5.74) is -0.702. The molecular weight excluding hydrogens is 308 g/mol. The van der Waals surface area contributed by atoms with Gasteiger partial charge in [0.05, 0.1) is 7.11 Å². The van der Waals surface area contributed by atoms with Crippen molar-refractivity contribution in [2.24, 2.45) is 5.92 Å². The standard InChI is InChI=1S/C14H20N2O5S/c1-11-5-8-16(9-6-11)22(19,20)12-4-3-7-15(14(12)18)10-13(17)21-2/h3-4,7,11H,5-6,8-10H2,1-2H3. The molecule has 0 aliphatic carbocycles. The van der Waals surface area contributed by atoms with Crippen LogP contribution < -0.4 is 5.56 Å². The summed E-state index contributed by atoms with van der Waals surface area (Å²) in [6.45, 7) is 2.59. The average molecular weight is 328 g/mol. The molecule has 0 N–H and O–H groups in total. The summed E-state index contributed by atoms with van der Waals surface area (Å²) < 4.78 is 32.1. The predicted molar refractivity (Wildman–Crippen MR) is 79.9 cm³/mol. The Morgan fingerprint density at radius 3 is 2.59 bits per heavy atom. The second-order valence-electron chi connectivity index (χ2n) is 5.47. The summed E-state index contributed by atoms with van der Waals surface area (Å²) in [5.74, 6) is -0.123. The number of methoxy groups -OCH3 is 1. The number of carbonyl (C=O) groups is 1. The fourth-order valence-corrected chi connectivity index (χ4v) is 3.96. The highest BCUT2D eigenvalue weighted by atomic mass is 32.2. The molecule has 1 saturated heterocycles. The van der Waals surface area contributed by atoms with Gasteiger partial charge in [0, 0.05) is 19.3 Å². The molecule has 1 aliphatic heterocycles. The van der Waals surface area contributed by atoms with Crippen molar-refractivity contribution in [3.63, 3.8) is 0 Å². The summed E-state index contributed by atoms with van der Waals surface area (Å²) >= 11 is 0. The highest BCUT2D eigenvalue weighted by molar-refractivity contribution is 7.89. The third-order valence-electron chi connectivity index (χ3n) is 3.87. The van der Waals surface area contributed by atoms with Crippen molar-refractivity contribution in [1.82, 2.24) is 8.87 Å². The third-order valence-corrected chi connectivity index (χ3v) is 5.78. The molecule has 0 bridgehead atoms. The molecule has 122 valence electrons. The monoisotopic (exact) mass is 328 g/mol. The lowest BCUT2D eigenvalue weighted by molar-refractivity contribution is -0.141. The van der Waals surface area contributed by atoms with Crippen LogP contribution >= 0.6 is 0 Å². The zero-order valence-electron chi connectivity index (χ0n) is 12.7. The van der Waals surface area contributed by atoms with Gasteiger partial charge in [-0.05, 0) is 30.9 Å². The largest absolute Gasteiger partial charge is 0.468 e. The molecule has 0 amide bonds. The highest BCUT2D eigenvalue weighted by Crippen LogP contribution is 2.21. The van der Waals surface area contributed by atoms with Gasteiger partial charge in [-0.25, -0.2) is 8.42 Å². The fourth-order valence-electron chi connectivity index (χ4n) is 2.40. The van der Waals surface area contributed by atoms with E-state index in [1.54, 1.807) is 0 Å². The molecule has 8 heteroatoms. The van der Waals surface area contributed by atoms with Crippen LogP contribution in [-0.2, 0) is 26.1 Å². The second kappa shape index (κ2) is 6.62. The Balaban J connectivity index is 2.33. The first kappa shape index (κ1) is 16.7. The van der Waals surface area contributed by atoms with Crippen LogP contribution in [0.1, 0.15) is 19.8 Å². The molecule has 1 aromatic rings. The number of carbonyl (C=O) groups excluding carboxylic acids is 1. The van der Waals surface area contributed by atoms with Crippen molar-refractivity contribution >= 4 is 16.0 Å². The first-order valence-corrected chi connectivity index (χ1v) is 8.56. The first-order valence-electron chi connectivity index (χ1n) is 7.12. The molecule has 0 saturated carbocycles. The molecule has 2 rings (SSSR count). The number of rotatable bonds is 4. The lowest BCUT2D eigenvalue weighted by atomic mass is 10.0. The maximum Gasteiger partial charge on any atom is 0.325 e. The van der Waals surface area contributed by atoms with Crippen LogP contribution in [0.3, 0.4) is 0 Å². The average Bonchev–Trinajstić information content (AvgIpc) is 2.49. The van der Waals surface area contributed by atoms with Gasteiger partial charge in [-0.15, -0.1) is 0 Å². The first-order chi connectivity index (χ1) is 10.4. The van der Waals surface area contributed by atoms with Gasteiger partial charge in [0.2, 0.25) is 10.0 Å². The Morgan fingerprint density at radius 1 is 1.36 bits per heavy atom. The molecule has 1 aromatic heterocycles. The maximum atomic E-state index is 12.6. The van der Waals surface area contributed by atoms with Crippen molar-refractivity contribution < 1.29 is 17.9 Å². The van der Waals surface area contributed by atoms with Crippen LogP contribution in [0.4, 0.5) is 0 Å². The molecule has 0 atom stereocenters. The topological polar surface area (TPSA) is 85.7 Å². The van der Waals surface area contributed by atoms with E-state index in [1.807, 2.05) is 0 Å². The SMILES string of the molecule is COC(=O)Cn1cccc(S(=O)(=O)N2CCC(C)CC2)c1=O. The highest BCUT2D eigenvalue weighted by Gasteiger charge is 2.30. The van der Waals surface area contributed by atoms with Crippen LogP contribution in [-0.4, -0.2) is 43.5 Å². The van der Waals surface area contributed by atoms with Gasteiger partial charge in [-0.2, -0.15) is 4.31 Å². The van der Waals surface area contributed by atoms with Crippen LogP contribution in [0.15, 0.2) is 28.0 Å². The van der Waals surface area contributed by atoms with Gasteiger partial charge in [0.15, 0.2) is 0 Å². The number of piperidine rings is 1. The van der Waals surface area contributed by atoms with E-state index in [0.717, 1.165) is 17.4 Å². The lowest BCUT2D eigenvalue weighted by Crippen LogP contribution is -2.41. The van der Waals surface area contributed by atoms with E-state index in [-0.39, 0.29) is 11.4 Å². The van der Waals surface area contributed by atoms with Crippen LogP contribution in [0.5, 0.6) is 0 Å². The summed E-state index contributed by atoms with van der Waals surface area (Å²) in [4.78, 5) is 23.3. The number of sulfonamides is 1. The molecule has 1 aliphatic rings. The van der Waals surface area contributed by atoms with E-state index in [2.05, 4.69) is 11.7 Å². The van der Waals surface area contributed by atoms with Crippen LogP contribution in [0.2, 0.25) is 0 Å². The van der Waals surface area contributed by atoms with Gasteiger partial charge in [0.1, 0.15) is 11.4 Å². The maximum absolute atomic E-state index is 12.6. The molecule has 7 nitrogen and oxygen atoms in total. The number of ether oxygens (including phenoxy) is 1. The molecular formula is C14H20N2O5S. The molecule has 0 aromatic carbocycles. The van der Waals surface area contributed by atoms with Crippen LogP contribution in [0.25, 0.3) is 0 Å². The van der Waals surface area contributed by atoms with E-state index in [4.69, 9.17) is 0 Å². The Labute approximate surface area is 129 Å². The van der Waals surface area contributed by atoms with Gasteiger partial charge in [-0.1, -0.05) is 6.92 Å². The minimum Gasteiger partial charge on any atom is -0.468 e. The quantitative estimate of drug-likeness (QED) is 0.749. The van der Waals surface area contributed by atoms with Crippen molar-refractivity contribution in [3.05, 3.63) is 28.7 Å². The molecule has 0 spiro atoms. The molecule has 22 heavy (non-hydrogen) atoms. The molecule has 0 unspecified atom stereocenters. The molecule has 1 fully saturated rings. The predicted octanol–water partition coefficient (Wildman–Crippen LogP) is 0.442. The Kier molecular flexibility index (Phi) is 5.02. The van der Waals surface area contributed by atoms with Gasteiger partial charge < -0.3 is 9.30 Å². The van der Waals surface area contributed by atoms with Crippen molar-refractivity contribution in [1.29, 1.82) is 0 Å². The fraction of sp³-hybridized carbons (Fsp3) is 0.571. The zero-order chi connectivity index (χ0) is 16.3. The van der Waals surface area contributed by atoms with Crippen molar-refractivity contribution in [3.8, 4) is 0 Å². The number of pyridine rings is 1. The van der Waals surface area contributed by atoms with E-state index >= 15 is 0 Å². The second-order valence-corrected chi connectivity index (χ2v) is 7.37. The summed E-state index contributed by atoms with van der Waals surface area (Å²) in [6, 6.07) is 2.73. The van der Waals surface area contributed by atoms with E-state index in [0.29, 0.717) is 19.0 Å². The van der Waals surface area contributed by atoms with Crippen molar-refractivity contribution in [2.75, 3.05) is 20.2 Å². The minimum atomic E-state index is -3.83. The number of nitrogens with zero attached hydrogens (tertiary/aromatic N) is 2. The number of hydrogen-bond donors (Lipinski definition) is 0. The number of esters is 1. The Bertz CT molecular complexity index is 702. The molecule has 2 heterocycles. The zero-order valence-corrected chi connectivity index (χ0v) is 13.5. The lowest BCUT2D eigenvalue weighted by Gasteiger charge is -2.29. The normalized spacial score (nSPS) is 17.4.